The summed E-state index contributed by atoms with van der Waals surface area (Å²) >= 11 is 0. The van der Waals surface area contributed by atoms with Gasteiger partial charge in [0, 0.05) is 17.8 Å². The molecule has 0 aliphatic rings. The van der Waals surface area contributed by atoms with Crippen molar-refractivity contribution in [2.75, 3.05) is 7.11 Å². The minimum atomic E-state index is 0.241. The summed E-state index contributed by atoms with van der Waals surface area (Å²) < 4.78 is 12.6. The van der Waals surface area contributed by atoms with Gasteiger partial charge >= 0.3 is 0 Å². The van der Waals surface area contributed by atoms with E-state index in [9.17, 15) is 0 Å². The lowest BCUT2D eigenvalue weighted by atomic mass is 10.2. The van der Waals surface area contributed by atoms with Gasteiger partial charge in [0.1, 0.15) is 11.3 Å². The molecule has 0 saturated carbocycles. The monoisotopic (exact) mass is 336 g/mol. The summed E-state index contributed by atoms with van der Waals surface area (Å²) in [6, 6.07) is 7.80. The Bertz CT molecular complexity index is 1040. The van der Waals surface area contributed by atoms with Crippen molar-refractivity contribution < 1.29 is 9.26 Å². The number of hydrogen-bond donors (Lipinski definition) is 0. The Balaban J connectivity index is 1.74. The summed E-state index contributed by atoms with van der Waals surface area (Å²) in [5.74, 6) is 1.44. The highest BCUT2D eigenvalue weighted by molar-refractivity contribution is 5.80. The maximum Gasteiger partial charge on any atom is 0.258 e. The number of methoxy groups -OCH3 is 1. The van der Waals surface area contributed by atoms with Crippen molar-refractivity contribution in [2.24, 2.45) is 0 Å². The lowest BCUT2D eigenvalue weighted by Crippen LogP contribution is -2.02. The quantitative estimate of drug-likeness (QED) is 0.565. The average Bonchev–Trinajstić information content (AvgIpc) is 3.28. The van der Waals surface area contributed by atoms with Crippen LogP contribution in [0.2, 0.25) is 0 Å². The molecular formula is C17H16N6O2. The molecule has 0 unspecified atom stereocenters. The van der Waals surface area contributed by atoms with Crippen LogP contribution in [0.3, 0.4) is 0 Å². The second-order valence-corrected chi connectivity index (χ2v) is 5.83. The highest BCUT2D eigenvalue weighted by Crippen LogP contribution is 2.29. The number of ether oxygens (including phenoxy) is 1. The number of nitrogens with zero attached hydrogens (tertiary/aromatic N) is 6. The van der Waals surface area contributed by atoms with Gasteiger partial charge in [0.2, 0.25) is 5.82 Å². The molecule has 0 aliphatic carbocycles. The van der Waals surface area contributed by atoms with Crippen LogP contribution in [0.4, 0.5) is 0 Å². The molecule has 4 aromatic rings. The van der Waals surface area contributed by atoms with Crippen molar-refractivity contribution in [3.63, 3.8) is 0 Å². The van der Waals surface area contributed by atoms with Gasteiger partial charge in [0.25, 0.3) is 5.89 Å². The van der Waals surface area contributed by atoms with E-state index < -0.39 is 0 Å². The average molecular weight is 336 g/mol. The Labute approximate surface area is 143 Å². The summed E-state index contributed by atoms with van der Waals surface area (Å²) in [6.07, 6.45) is 3.27. The van der Waals surface area contributed by atoms with Gasteiger partial charge in [-0.15, -0.1) is 5.10 Å². The van der Waals surface area contributed by atoms with Crippen molar-refractivity contribution in [3.8, 4) is 28.6 Å². The molecule has 0 bridgehead atoms. The largest absolute Gasteiger partial charge is 0.494 e. The maximum absolute atomic E-state index is 5.42. The standard InChI is InChI=1S/C17H16N6O2/c1-10(2)23-14-5-4-11(8-13(14)20-22-23)17-19-16(21-25-17)12-6-7-18-9-15(12)24-3/h4-10H,1-3H3. The zero-order valence-corrected chi connectivity index (χ0v) is 14.0. The molecule has 126 valence electrons. The van der Waals surface area contributed by atoms with Gasteiger partial charge in [0.15, 0.2) is 0 Å². The lowest BCUT2D eigenvalue weighted by molar-refractivity contribution is 0.412. The molecule has 3 heterocycles. The van der Waals surface area contributed by atoms with E-state index in [1.165, 1.54) is 0 Å². The van der Waals surface area contributed by atoms with Crippen LogP contribution in [0, 0.1) is 0 Å². The number of aromatic nitrogens is 6. The van der Waals surface area contributed by atoms with Crippen LogP contribution in [0.1, 0.15) is 19.9 Å². The second-order valence-electron chi connectivity index (χ2n) is 5.83. The van der Waals surface area contributed by atoms with Crippen molar-refractivity contribution in [3.05, 3.63) is 36.7 Å². The highest BCUT2D eigenvalue weighted by atomic mass is 16.5. The van der Waals surface area contributed by atoms with Gasteiger partial charge in [-0.3, -0.25) is 4.98 Å². The van der Waals surface area contributed by atoms with Crippen LogP contribution in [-0.2, 0) is 0 Å². The van der Waals surface area contributed by atoms with Crippen LogP contribution < -0.4 is 4.74 Å². The Morgan fingerprint density at radius 1 is 1.20 bits per heavy atom. The molecule has 1 aromatic carbocycles. The zero-order chi connectivity index (χ0) is 17.4. The first-order valence-electron chi connectivity index (χ1n) is 7.85. The summed E-state index contributed by atoms with van der Waals surface area (Å²) in [5, 5.41) is 12.4. The molecule has 0 amide bonds. The van der Waals surface area contributed by atoms with Gasteiger partial charge < -0.3 is 9.26 Å². The minimum Gasteiger partial charge on any atom is -0.494 e. The molecule has 3 aromatic heterocycles. The first-order valence-corrected chi connectivity index (χ1v) is 7.85. The number of hydrogen-bond acceptors (Lipinski definition) is 7. The van der Waals surface area contributed by atoms with Crippen molar-refractivity contribution in [1.29, 1.82) is 0 Å². The fourth-order valence-corrected chi connectivity index (χ4v) is 2.63. The molecule has 8 heteroatoms. The Kier molecular flexibility index (Phi) is 3.64. The predicted octanol–water partition coefficient (Wildman–Crippen LogP) is 3.13. The van der Waals surface area contributed by atoms with Gasteiger partial charge in [-0.1, -0.05) is 10.4 Å². The first kappa shape index (κ1) is 15.3. The minimum absolute atomic E-state index is 0.241. The summed E-state index contributed by atoms with van der Waals surface area (Å²) in [4.78, 5) is 8.50. The smallest absolute Gasteiger partial charge is 0.258 e. The van der Waals surface area contributed by atoms with E-state index in [0.29, 0.717) is 17.5 Å². The number of benzene rings is 1. The van der Waals surface area contributed by atoms with Gasteiger partial charge in [-0.25, -0.2) is 4.68 Å². The molecule has 0 fully saturated rings. The van der Waals surface area contributed by atoms with E-state index in [-0.39, 0.29) is 6.04 Å². The van der Waals surface area contributed by atoms with Crippen molar-refractivity contribution in [2.45, 2.75) is 19.9 Å². The van der Waals surface area contributed by atoms with Crippen molar-refractivity contribution >= 4 is 11.0 Å². The van der Waals surface area contributed by atoms with E-state index in [1.54, 1.807) is 25.6 Å². The van der Waals surface area contributed by atoms with Crippen LogP contribution in [0.25, 0.3) is 33.9 Å². The molecule has 0 spiro atoms. The zero-order valence-electron chi connectivity index (χ0n) is 14.0. The van der Waals surface area contributed by atoms with Crippen LogP contribution in [0.15, 0.2) is 41.2 Å². The molecule has 25 heavy (non-hydrogen) atoms. The van der Waals surface area contributed by atoms with E-state index in [4.69, 9.17) is 9.26 Å². The fraction of sp³-hybridized carbons (Fsp3) is 0.235. The molecule has 0 N–H and O–H groups in total. The first-order chi connectivity index (χ1) is 12.2. The Morgan fingerprint density at radius 2 is 2.08 bits per heavy atom. The van der Waals surface area contributed by atoms with E-state index >= 15 is 0 Å². The third kappa shape index (κ3) is 2.61. The fourth-order valence-electron chi connectivity index (χ4n) is 2.63. The molecule has 0 radical (unpaired) electrons. The van der Waals surface area contributed by atoms with E-state index in [2.05, 4.69) is 39.3 Å². The normalized spacial score (nSPS) is 11.4. The maximum atomic E-state index is 5.42. The van der Waals surface area contributed by atoms with E-state index in [1.807, 2.05) is 22.9 Å². The third-order valence-electron chi connectivity index (χ3n) is 3.88. The van der Waals surface area contributed by atoms with Gasteiger partial charge in [-0.2, -0.15) is 4.98 Å². The second kappa shape index (κ2) is 5.97. The molecule has 0 atom stereocenters. The van der Waals surface area contributed by atoms with Crippen LogP contribution >= 0.6 is 0 Å². The molecule has 0 saturated heterocycles. The van der Waals surface area contributed by atoms with Crippen LogP contribution in [0.5, 0.6) is 5.75 Å². The number of fused-ring (bicyclic) bond motifs is 1. The van der Waals surface area contributed by atoms with Gasteiger partial charge in [0.05, 0.1) is 24.4 Å². The molecule has 8 nitrogen and oxygen atoms in total. The lowest BCUT2D eigenvalue weighted by Gasteiger charge is -2.04. The summed E-state index contributed by atoms with van der Waals surface area (Å²) in [6.45, 7) is 4.13. The summed E-state index contributed by atoms with van der Waals surface area (Å²) in [7, 11) is 1.58. The highest BCUT2D eigenvalue weighted by Gasteiger charge is 2.16. The molecule has 4 rings (SSSR count). The third-order valence-corrected chi connectivity index (χ3v) is 3.88. The summed E-state index contributed by atoms with van der Waals surface area (Å²) in [5.41, 5.74) is 3.26. The number of rotatable bonds is 4. The molecule has 0 aliphatic heterocycles. The Morgan fingerprint density at radius 3 is 2.88 bits per heavy atom. The van der Waals surface area contributed by atoms with Gasteiger partial charge in [-0.05, 0) is 38.1 Å². The SMILES string of the molecule is COc1cnccc1-c1noc(-c2ccc3c(c2)nnn3C(C)C)n1. The van der Waals surface area contributed by atoms with Crippen molar-refractivity contribution in [1.82, 2.24) is 30.1 Å². The topological polar surface area (TPSA) is 91.8 Å². The Hall–Kier alpha value is -3.29. The van der Waals surface area contributed by atoms with Crippen LogP contribution in [-0.4, -0.2) is 37.2 Å². The molecular weight excluding hydrogens is 320 g/mol. The predicted molar refractivity (Wildman–Crippen MR) is 91.0 cm³/mol. The van der Waals surface area contributed by atoms with E-state index in [0.717, 1.165) is 22.2 Å². The number of pyridine rings is 1.